The molecule has 1 amide bonds. The summed E-state index contributed by atoms with van der Waals surface area (Å²) in [7, 11) is 1.75. The third-order valence-corrected chi connectivity index (χ3v) is 4.63. The summed E-state index contributed by atoms with van der Waals surface area (Å²) in [5.41, 5.74) is 2.63. The molecule has 0 aromatic carbocycles. The zero-order chi connectivity index (χ0) is 16.4. The van der Waals surface area contributed by atoms with Gasteiger partial charge in [0.05, 0.1) is 11.8 Å². The molecule has 2 saturated carbocycles. The first-order chi connectivity index (χ1) is 11.1. The van der Waals surface area contributed by atoms with Gasteiger partial charge in [0.15, 0.2) is 5.69 Å². The average molecular weight is 317 g/mol. The standard InChI is InChI=1S/C18H27N3O2/c1-11(2)9-20-18(22)17-16(21-14-7-15(8-14)23-3)6-13(10-19-17)12-4-5-12/h6,10-12,14-15,21H,4-5,7-9H2,1-3H3,(H,20,22). The highest BCUT2D eigenvalue weighted by atomic mass is 16.5. The van der Waals surface area contributed by atoms with Gasteiger partial charge >= 0.3 is 0 Å². The van der Waals surface area contributed by atoms with Crippen LogP contribution in [-0.4, -0.2) is 36.7 Å². The van der Waals surface area contributed by atoms with Gasteiger partial charge < -0.3 is 15.4 Å². The summed E-state index contributed by atoms with van der Waals surface area (Å²) >= 11 is 0. The lowest BCUT2D eigenvalue weighted by Crippen LogP contribution is -2.41. The van der Waals surface area contributed by atoms with E-state index in [0.29, 0.717) is 36.2 Å². The molecule has 23 heavy (non-hydrogen) atoms. The number of ether oxygens (including phenoxy) is 1. The zero-order valence-electron chi connectivity index (χ0n) is 14.3. The number of hydrogen-bond acceptors (Lipinski definition) is 4. The first-order valence-corrected chi connectivity index (χ1v) is 8.64. The molecule has 0 bridgehead atoms. The predicted molar refractivity (Wildman–Crippen MR) is 90.8 cm³/mol. The molecule has 2 fully saturated rings. The van der Waals surface area contributed by atoms with Crippen molar-refractivity contribution < 1.29 is 9.53 Å². The number of amides is 1. The molecule has 0 aliphatic heterocycles. The van der Waals surface area contributed by atoms with E-state index in [1.807, 2.05) is 6.20 Å². The molecule has 0 spiro atoms. The molecular weight excluding hydrogens is 290 g/mol. The fraction of sp³-hybridized carbons (Fsp3) is 0.667. The summed E-state index contributed by atoms with van der Waals surface area (Å²) in [4.78, 5) is 16.9. The van der Waals surface area contributed by atoms with Gasteiger partial charge in [-0.25, -0.2) is 4.98 Å². The van der Waals surface area contributed by atoms with E-state index in [1.54, 1.807) is 7.11 Å². The lowest BCUT2D eigenvalue weighted by Gasteiger charge is -2.35. The Morgan fingerprint density at radius 2 is 2.13 bits per heavy atom. The van der Waals surface area contributed by atoms with Crippen LogP contribution in [0.4, 0.5) is 5.69 Å². The van der Waals surface area contributed by atoms with Crippen molar-refractivity contribution in [2.24, 2.45) is 5.92 Å². The van der Waals surface area contributed by atoms with Crippen LogP contribution < -0.4 is 10.6 Å². The summed E-state index contributed by atoms with van der Waals surface area (Å²) in [6.45, 7) is 4.84. The lowest BCUT2D eigenvalue weighted by atomic mass is 9.89. The van der Waals surface area contributed by atoms with Crippen molar-refractivity contribution in [2.45, 2.75) is 57.6 Å². The van der Waals surface area contributed by atoms with Crippen molar-refractivity contribution in [1.82, 2.24) is 10.3 Å². The number of rotatable bonds is 7. The minimum Gasteiger partial charge on any atom is -0.381 e. The molecule has 1 aromatic rings. The molecule has 5 nitrogen and oxygen atoms in total. The van der Waals surface area contributed by atoms with Gasteiger partial charge in [-0.05, 0) is 49.1 Å². The Morgan fingerprint density at radius 1 is 1.39 bits per heavy atom. The molecule has 0 atom stereocenters. The third-order valence-electron chi connectivity index (χ3n) is 4.63. The van der Waals surface area contributed by atoms with E-state index in [0.717, 1.165) is 18.5 Å². The Bertz CT molecular complexity index is 563. The first-order valence-electron chi connectivity index (χ1n) is 8.64. The average Bonchev–Trinajstić information content (AvgIpc) is 3.32. The smallest absolute Gasteiger partial charge is 0.272 e. The molecule has 0 unspecified atom stereocenters. The van der Waals surface area contributed by atoms with Crippen molar-refractivity contribution in [3.63, 3.8) is 0 Å². The minimum atomic E-state index is -0.0915. The molecule has 3 rings (SSSR count). The summed E-state index contributed by atoms with van der Waals surface area (Å²) in [5, 5.41) is 6.47. The van der Waals surface area contributed by atoms with Gasteiger partial charge in [-0.1, -0.05) is 13.8 Å². The van der Waals surface area contributed by atoms with Crippen LogP contribution in [0.2, 0.25) is 0 Å². The van der Waals surface area contributed by atoms with E-state index in [-0.39, 0.29) is 5.91 Å². The Labute approximate surface area is 138 Å². The number of pyridine rings is 1. The molecule has 1 aromatic heterocycles. The number of carbonyl (C=O) groups is 1. The number of carbonyl (C=O) groups excluding carboxylic acids is 1. The summed E-state index contributed by atoms with van der Waals surface area (Å²) in [6.07, 6.45) is 6.63. The Balaban J connectivity index is 1.73. The maximum atomic E-state index is 12.4. The van der Waals surface area contributed by atoms with E-state index in [1.165, 1.54) is 18.4 Å². The zero-order valence-corrected chi connectivity index (χ0v) is 14.3. The van der Waals surface area contributed by atoms with Gasteiger partial charge in [0.2, 0.25) is 0 Å². The SMILES string of the molecule is COC1CC(Nc2cc(C3CC3)cnc2C(=O)NCC(C)C)C1. The highest BCUT2D eigenvalue weighted by molar-refractivity contribution is 5.97. The van der Waals surface area contributed by atoms with E-state index in [9.17, 15) is 4.79 Å². The summed E-state index contributed by atoms with van der Waals surface area (Å²) < 4.78 is 5.33. The Hall–Kier alpha value is -1.62. The molecule has 126 valence electrons. The lowest BCUT2D eigenvalue weighted by molar-refractivity contribution is 0.0328. The largest absolute Gasteiger partial charge is 0.381 e. The highest BCUT2D eigenvalue weighted by Crippen LogP contribution is 2.41. The van der Waals surface area contributed by atoms with Gasteiger partial charge in [0, 0.05) is 25.9 Å². The van der Waals surface area contributed by atoms with Crippen LogP contribution in [-0.2, 0) is 4.74 Å². The molecular formula is C18H27N3O2. The van der Waals surface area contributed by atoms with Crippen LogP contribution in [0.15, 0.2) is 12.3 Å². The molecule has 0 radical (unpaired) electrons. The second-order valence-corrected chi connectivity index (χ2v) is 7.21. The molecule has 1 heterocycles. The number of methoxy groups -OCH3 is 1. The van der Waals surface area contributed by atoms with Crippen molar-refractivity contribution >= 4 is 11.6 Å². The van der Waals surface area contributed by atoms with Crippen molar-refractivity contribution in [2.75, 3.05) is 19.0 Å². The summed E-state index contributed by atoms with van der Waals surface area (Å²) in [5.74, 6) is 0.963. The number of anilines is 1. The van der Waals surface area contributed by atoms with Crippen LogP contribution in [0.3, 0.4) is 0 Å². The molecule has 0 saturated heterocycles. The number of aromatic nitrogens is 1. The Morgan fingerprint density at radius 3 is 2.74 bits per heavy atom. The van der Waals surface area contributed by atoms with Crippen LogP contribution in [0.5, 0.6) is 0 Å². The third kappa shape index (κ3) is 4.02. The predicted octanol–water partition coefficient (Wildman–Crippen LogP) is 2.93. The minimum absolute atomic E-state index is 0.0915. The topological polar surface area (TPSA) is 63.2 Å². The monoisotopic (exact) mass is 317 g/mol. The van der Waals surface area contributed by atoms with Gasteiger partial charge in [-0.3, -0.25) is 4.79 Å². The number of nitrogens with one attached hydrogen (secondary N) is 2. The number of hydrogen-bond donors (Lipinski definition) is 2. The van der Waals surface area contributed by atoms with Gasteiger partial charge in [-0.2, -0.15) is 0 Å². The fourth-order valence-electron chi connectivity index (χ4n) is 2.89. The summed E-state index contributed by atoms with van der Waals surface area (Å²) in [6, 6.07) is 2.49. The van der Waals surface area contributed by atoms with E-state index in [2.05, 4.69) is 35.5 Å². The van der Waals surface area contributed by atoms with Crippen LogP contribution >= 0.6 is 0 Å². The quantitative estimate of drug-likeness (QED) is 0.811. The maximum Gasteiger partial charge on any atom is 0.272 e. The van der Waals surface area contributed by atoms with E-state index < -0.39 is 0 Å². The van der Waals surface area contributed by atoms with Crippen molar-refractivity contribution in [1.29, 1.82) is 0 Å². The van der Waals surface area contributed by atoms with Crippen LogP contribution in [0.1, 0.15) is 61.5 Å². The maximum absolute atomic E-state index is 12.4. The van der Waals surface area contributed by atoms with Crippen LogP contribution in [0.25, 0.3) is 0 Å². The van der Waals surface area contributed by atoms with Gasteiger partial charge in [0.25, 0.3) is 5.91 Å². The fourth-order valence-corrected chi connectivity index (χ4v) is 2.89. The van der Waals surface area contributed by atoms with Gasteiger partial charge in [-0.15, -0.1) is 0 Å². The normalized spacial score (nSPS) is 23.5. The molecule has 5 heteroatoms. The molecule has 2 N–H and O–H groups in total. The highest BCUT2D eigenvalue weighted by Gasteiger charge is 2.31. The Kier molecular flexibility index (Phi) is 4.85. The van der Waals surface area contributed by atoms with E-state index in [4.69, 9.17) is 4.74 Å². The first kappa shape index (κ1) is 16.2. The van der Waals surface area contributed by atoms with Crippen molar-refractivity contribution in [3.8, 4) is 0 Å². The van der Waals surface area contributed by atoms with Crippen molar-refractivity contribution in [3.05, 3.63) is 23.5 Å². The second-order valence-electron chi connectivity index (χ2n) is 7.21. The van der Waals surface area contributed by atoms with Crippen LogP contribution in [0, 0.1) is 5.92 Å². The van der Waals surface area contributed by atoms with E-state index >= 15 is 0 Å². The van der Waals surface area contributed by atoms with Gasteiger partial charge in [0.1, 0.15) is 0 Å². The number of nitrogens with zero attached hydrogens (tertiary/aromatic N) is 1. The molecule has 2 aliphatic carbocycles. The second kappa shape index (κ2) is 6.87. The molecule has 2 aliphatic rings.